The van der Waals surface area contributed by atoms with E-state index in [2.05, 4.69) is 25.4 Å². The lowest BCUT2D eigenvalue weighted by molar-refractivity contribution is 0.102. The lowest BCUT2D eigenvalue weighted by atomic mass is 9.96. The molecule has 4 aromatic heterocycles. The minimum absolute atomic E-state index is 0.0936. The Balaban J connectivity index is 1.74. The Morgan fingerprint density at radius 2 is 1.90 bits per heavy atom. The summed E-state index contributed by atoms with van der Waals surface area (Å²) in [7, 11) is 0. The van der Waals surface area contributed by atoms with E-state index in [0.717, 1.165) is 0 Å². The van der Waals surface area contributed by atoms with Crippen LogP contribution in [0.15, 0.2) is 47.5 Å². The molecule has 0 atom stereocenters. The number of carbonyl (C=O) groups is 1. The highest BCUT2D eigenvalue weighted by molar-refractivity contribution is 6.12. The van der Waals surface area contributed by atoms with Crippen LogP contribution in [0, 0.1) is 0 Å². The second-order valence-corrected chi connectivity index (χ2v) is 8.45. The summed E-state index contributed by atoms with van der Waals surface area (Å²) in [5.41, 5.74) is 2.01. The van der Waals surface area contributed by atoms with Gasteiger partial charge in [-0.3, -0.25) is 4.79 Å². The van der Waals surface area contributed by atoms with Crippen molar-refractivity contribution >= 4 is 22.6 Å². The minimum atomic E-state index is -0.286. The zero-order chi connectivity index (χ0) is 21.5. The lowest BCUT2D eigenvalue weighted by Gasteiger charge is -2.16. The molecule has 30 heavy (non-hydrogen) atoms. The normalized spacial score (nSPS) is 11.9. The van der Waals surface area contributed by atoms with E-state index < -0.39 is 0 Å². The molecule has 0 saturated carbocycles. The summed E-state index contributed by atoms with van der Waals surface area (Å²) in [4.78, 5) is 26.6. The summed E-state index contributed by atoms with van der Waals surface area (Å²) in [5.74, 6) is 1.01. The molecule has 4 rings (SSSR count). The standard InChI is InChI=1S/C22H24N6O2/c1-13(2)28-19-16(12-25-28)15(9-17(27-19)18-7-6-8-30-18)20(29)26-14-10-23-21(24-11-14)22(3,4)5/h6-13H,1-5H3,(H,26,29). The van der Waals surface area contributed by atoms with Crippen molar-refractivity contribution in [3.63, 3.8) is 0 Å². The van der Waals surface area contributed by atoms with Crippen molar-refractivity contribution in [3.8, 4) is 11.5 Å². The smallest absolute Gasteiger partial charge is 0.256 e. The van der Waals surface area contributed by atoms with Gasteiger partial charge in [0.15, 0.2) is 11.4 Å². The van der Waals surface area contributed by atoms with Gasteiger partial charge in [-0.2, -0.15) is 5.10 Å². The maximum absolute atomic E-state index is 13.1. The Kier molecular flexibility index (Phi) is 4.85. The number of anilines is 1. The van der Waals surface area contributed by atoms with E-state index in [-0.39, 0.29) is 17.4 Å². The Morgan fingerprint density at radius 1 is 1.17 bits per heavy atom. The maximum atomic E-state index is 13.1. The molecule has 4 heterocycles. The fourth-order valence-electron chi connectivity index (χ4n) is 3.11. The molecule has 4 aromatic rings. The van der Waals surface area contributed by atoms with Gasteiger partial charge in [-0.05, 0) is 32.0 Å². The number of carbonyl (C=O) groups excluding carboxylic acids is 1. The zero-order valence-corrected chi connectivity index (χ0v) is 17.7. The van der Waals surface area contributed by atoms with Crippen LogP contribution in [0.1, 0.15) is 56.8 Å². The van der Waals surface area contributed by atoms with E-state index in [9.17, 15) is 4.79 Å². The molecule has 154 valence electrons. The van der Waals surface area contributed by atoms with Gasteiger partial charge in [-0.25, -0.2) is 19.6 Å². The van der Waals surface area contributed by atoms with Crippen LogP contribution in [-0.4, -0.2) is 30.6 Å². The molecule has 0 aliphatic carbocycles. The van der Waals surface area contributed by atoms with Crippen LogP contribution in [0.25, 0.3) is 22.5 Å². The van der Waals surface area contributed by atoms with Gasteiger partial charge >= 0.3 is 0 Å². The molecule has 0 radical (unpaired) electrons. The summed E-state index contributed by atoms with van der Waals surface area (Å²) >= 11 is 0. The van der Waals surface area contributed by atoms with E-state index in [1.165, 1.54) is 0 Å². The zero-order valence-electron chi connectivity index (χ0n) is 17.7. The molecule has 8 nitrogen and oxygen atoms in total. The first-order valence-electron chi connectivity index (χ1n) is 9.80. The number of rotatable bonds is 4. The molecule has 0 fully saturated rings. The molecule has 1 N–H and O–H groups in total. The van der Waals surface area contributed by atoms with Gasteiger partial charge in [0.1, 0.15) is 11.5 Å². The minimum Gasteiger partial charge on any atom is -0.463 e. The molecular formula is C22H24N6O2. The van der Waals surface area contributed by atoms with Gasteiger partial charge in [0.2, 0.25) is 0 Å². The molecule has 0 saturated heterocycles. The Morgan fingerprint density at radius 3 is 2.50 bits per heavy atom. The molecule has 0 aliphatic heterocycles. The Labute approximate surface area is 174 Å². The van der Waals surface area contributed by atoms with Gasteiger partial charge in [-0.1, -0.05) is 20.8 Å². The van der Waals surface area contributed by atoms with Gasteiger partial charge in [0.05, 0.1) is 41.5 Å². The summed E-state index contributed by atoms with van der Waals surface area (Å²) in [6, 6.07) is 5.41. The number of fused-ring (bicyclic) bond motifs is 1. The Bertz CT molecular complexity index is 1190. The summed E-state index contributed by atoms with van der Waals surface area (Å²) in [6.45, 7) is 10.1. The van der Waals surface area contributed by atoms with Crippen LogP contribution in [0.4, 0.5) is 5.69 Å². The predicted molar refractivity (Wildman–Crippen MR) is 114 cm³/mol. The van der Waals surface area contributed by atoms with Crippen LogP contribution >= 0.6 is 0 Å². The van der Waals surface area contributed by atoms with Crippen LogP contribution < -0.4 is 5.32 Å². The van der Waals surface area contributed by atoms with Gasteiger partial charge in [0.25, 0.3) is 5.91 Å². The van der Waals surface area contributed by atoms with E-state index in [1.807, 2.05) is 40.7 Å². The average Bonchev–Trinajstić information content (AvgIpc) is 3.36. The third-order valence-corrected chi connectivity index (χ3v) is 4.65. The van der Waals surface area contributed by atoms with Crippen molar-refractivity contribution in [2.24, 2.45) is 0 Å². The molecule has 0 spiro atoms. The molecule has 8 heteroatoms. The Hall–Kier alpha value is -3.55. The van der Waals surface area contributed by atoms with Gasteiger partial charge < -0.3 is 9.73 Å². The molecule has 0 unspecified atom stereocenters. The molecule has 0 aromatic carbocycles. The number of amides is 1. The fourth-order valence-corrected chi connectivity index (χ4v) is 3.11. The first-order valence-corrected chi connectivity index (χ1v) is 9.80. The predicted octanol–water partition coefficient (Wildman–Crippen LogP) is 4.61. The van der Waals surface area contributed by atoms with Gasteiger partial charge in [-0.15, -0.1) is 0 Å². The number of hydrogen-bond acceptors (Lipinski definition) is 6. The van der Waals surface area contributed by atoms with Crippen LogP contribution in [-0.2, 0) is 5.41 Å². The van der Waals surface area contributed by atoms with Crippen molar-refractivity contribution in [2.45, 2.75) is 46.1 Å². The average molecular weight is 404 g/mol. The summed E-state index contributed by atoms with van der Waals surface area (Å²) < 4.78 is 7.29. The second kappa shape index (κ2) is 7.37. The van der Waals surface area contributed by atoms with E-state index in [4.69, 9.17) is 4.42 Å². The lowest BCUT2D eigenvalue weighted by Crippen LogP contribution is -2.17. The summed E-state index contributed by atoms with van der Waals surface area (Å²) in [5, 5.41) is 7.98. The van der Waals surface area contributed by atoms with Crippen LogP contribution in [0.2, 0.25) is 0 Å². The summed E-state index contributed by atoms with van der Waals surface area (Å²) in [6.07, 6.45) is 6.49. The number of furan rings is 1. The maximum Gasteiger partial charge on any atom is 0.256 e. The quantitative estimate of drug-likeness (QED) is 0.533. The van der Waals surface area contributed by atoms with Crippen molar-refractivity contribution in [3.05, 3.63) is 54.4 Å². The number of nitrogens with one attached hydrogen (secondary N) is 1. The largest absolute Gasteiger partial charge is 0.463 e. The third-order valence-electron chi connectivity index (χ3n) is 4.65. The molecule has 0 bridgehead atoms. The number of hydrogen-bond donors (Lipinski definition) is 1. The topological polar surface area (TPSA) is 98.7 Å². The van der Waals surface area contributed by atoms with Crippen molar-refractivity contribution < 1.29 is 9.21 Å². The van der Waals surface area contributed by atoms with E-state index >= 15 is 0 Å². The first kappa shape index (κ1) is 19.8. The number of aromatic nitrogens is 5. The molecule has 1 amide bonds. The second-order valence-electron chi connectivity index (χ2n) is 8.45. The SMILES string of the molecule is CC(C)n1ncc2c(C(=O)Nc3cnc(C(C)(C)C)nc3)cc(-c3ccco3)nc21. The number of nitrogens with zero attached hydrogens (tertiary/aromatic N) is 5. The third kappa shape index (κ3) is 3.68. The first-order chi connectivity index (χ1) is 14.2. The van der Waals surface area contributed by atoms with E-state index in [0.29, 0.717) is 39.6 Å². The number of pyridine rings is 1. The molecule has 0 aliphatic rings. The van der Waals surface area contributed by atoms with Crippen molar-refractivity contribution in [1.29, 1.82) is 0 Å². The molecular weight excluding hydrogens is 380 g/mol. The fraction of sp³-hybridized carbons (Fsp3) is 0.318. The van der Waals surface area contributed by atoms with Crippen LogP contribution in [0.3, 0.4) is 0 Å². The highest BCUT2D eigenvalue weighted by atomic mass is 16.3. The highest BCUT2D eigenvalue weighted by Gasteiger charge is 2.21. The monoisotopic (exact) mass is 404 g/mol. The van der Waals surface area contributed by atoms with Crippen molar-refractivity contribution in [2.75, 3.05) is 5.32 Å². The van der Waals surface area contributed by atoms with Crippen LogP contribution in [0.5, 0.6) is 0 Å². The van der Waals surface area contributed by atoms with Crippen molar-refractivity contribution in [1.82, 2.24) is 24.7 Å². The van der Waals surface area contributed by atoms with E-state index in [1.54, 1.807) is 41.7 Å². The highest BCUT2D eigenvalue weighted by Crippen LogP contribution is 2.27. The van der Waals surface area contributed by atoms with Gasteiger partial charge in [0, 0.05) is 11.5 Å².